The van der Waals surface area contributed by atoms with Gasteiger partial charge in [-0.05, 0) is 23.1 Å². The van der Waals surface area contributed by atoms with Gasteiger partial charge in [0, 0.05) is 0 Å². The Kier molecular flexibility index (Phi) is 2.58. The highest BCUT2D eigenvalue weighted by molar-refractivity contribution is 6.21. The lowest BCUT2D eigenvalue weighted by molar-refractivity contribution is 0.396. The molecule has 1 aromatic heterocycles. The van der Waals surface area contributed by atoms with Gasteiger partial charge in [0.2, 0.25) is 0 Å². The quantitative estimate of drug-likeness (QED) is 0.737. The Morgan fingerprint density at radius 3 is 2.44 bits per heavy atom. The topological polar surface area (TPSA) is 48.6 Å². The maximum atomic E-state index is 11.1. The van der Waals surface area contributed by atoms with Gasteiger partial charge in [-0.1, -0.05) is 26.8 Å². The number of nitrogens with one attached hydrogen (secondary N) is 2. The van der Waals surface area contributed by atoms with Crippen LogP contribution in [0.25, 0.3) is 11.0 Å². The first-order valence-corrected chi connectivity index (χ1v) is 5.67. The molecule has 0 radical (unpaired) electrons. The van der Waals surface area contributed by atoms with Gasteiger partial charge in [-0.15, -0.1) is 11.6 Å². The second-order valence-electron chi connectivity index (χ2n) is 5.11. The van der Waals surface area contributed by atoms with Crippen LogP contribution in [0.4, 0.5) is 0 Å². The summed E-state index contributed by atoms with van der Waals surface area (Å²) >= 11 is 6.39. The molecule has 1 aromatic carbocycles. The van der Waals surface area contributed by atoms with Crippen LogP contribution in [0.3, 0.4) is 0 Å². The number of aromatic amines is 2. The molecule has 1 heterocycles. The first kappa shape index (κ1) is 11.3. The SMILES string of the molecule is CC(C)(C)C(Cl)c1ccc2[nH]c(=O)[nH]c2c1. The zero-order valence-corrected chi connectivity index (χ0v) is 10.4. The van der Waals surface area contributed by atoms with E-state index in [4.69, 9.17) is 11.6 Å². The number of imidazole rings is 1. The highest BCUT2D eigenvalue weighted by atomic mass is 35.5. The number of hydrogen-bond donors (Lipinski definition) is 2. The predicted molar refractivity (Wildman–Crippen MR) is 67.0 cm³/mol. The molecule has 1 atom stereocenters. The number of aromatic nitrogens is 2. The van der Waals surface area contributed by atoms with Crippen molar-refractivity contribution in [1.82, 2.24) is 9.97 Å². The Labute approximate surface area is 98.8 Å². The molecule has 0 saturated carbocycles. The summed E-state index contributed by atoms with van der Waals surface area (Å²) in [4.78, 5) is 16.6. The lowest BCUT2D eigenvalue weighted by Crippen LogP contribution is -2.13. The molecule has 2 aromatic rings. The summed E-state index contributed by atoms with van der Waals surface area (Å²) in [6.07, 6.45) is 0. The van der Waals surface area contributed by atoms with Crippen molar-refractivity contribution in [2.75, 3.05) is 0 Å². The van der Waals surface area contributed by atoms with Gasteiger partial charge in [0.1, 0.15) is 0 Å². The maximum absolute atomic E-state index is 11.1. The first-order chi connectivity index (χ1) is 7.38. The molecule has 0 bridgehead atoms. The van der Waals surface area contributed by atoms with Crippen molar-refractivity contribution >= 4 is 22.6 Å². The Bertz CT molecular complexity index is 562. The second-order valence-corrected chi connectivity index (χ2v) is 5.55. The monoisotopic (exact) mass is 238 g/mol. The Morgan fingerprint density at radius 2 is 1.81 bits per heavy atom. The lowest BCUT2D eigenvalue weighted by Gasteiger charge is -2.25. The van der Waals surface area contributed by atoms with E-state index in [0.717, 1.165) is 16.6 Å². The Morgan fingerprint density at radius 1 is 1.19 bits per heavy atom. The normalized spacial score (nSPS) is 14.2. The fraction of sp³-hybridized carbons (Fsp3) is 0.417. The van der Waals surface area contributed by atoms with Crippen LogP contribution in [0.15, 0.2) is 23.0 Å². The summed E-state index contributed by atoms with van der Waals surface area (Å²) in [5, 5.41) is -0.0738. The molecule has 0 aliphatic rings. The first-order valence-electron chi connectivity index (χ1n) is 5.24. The van der Waals surface area contributed by atoms with Crippen LogP contribution in [-0.2, 0) is 0 Å². The summed E-state index contributed by atoms with van der Waals surface area (Å²) in [6.45, 7) is 6.28. The van der Waals surface area contributed by atoms with Crippen LogP contribution < -0.4 is 5.69 Å². The number of halogens is 1. The van der Waals surface area contributed by atoms with Crippen molar-refractivity contribution in [3.63, 3.8) is 0 Å². The van der Waals surface area contributed by atoms with Crippen molar-refractivity contribution in [3.05, 3.63) is 34.2 Å². The van der Waals surface area contributed by atoms with Crippen LogP contribution in [0.2, 0.25) is 0 Å². The third kappa shape index (κ3) is 2.00. The predicted octanol–water partition coefficient (Wildman–Crippen LogP) is 3.18. The van der Waals surface area contributed by atoms with Gasteiger partial charge in [0.25, 0.3) is 0 Å². The lowest BCUT2D eigenvalue weighted by atomic mass is 9.87. The summed E-state index contributed by atoms with van der Waals surface area (Å²) < 4.78 is 0. The summed E-state index contributed by atoms with van der Waals surface area (Å²) in [6, 6.07) is 5.76. The number of rotatable bonds is 1. The molecule has 0 saturated heterocycles. The van der Waals surface area contributed by atoms with Gasteiger partial charge in [0.05, 0.1) is 16.4 Å². The summed E-state index contributed by atoms with van der Waals surface area (Å²) in [5.74, 6) is 0. The number of benzene rings is 1. The van der Waals surface area contributed by atoms with E-state index in [1.54, 1.807) is 0 Å². The minimum atomic E-state index is -0.186. The van der Waals surface area contributed by atoms with E-state index >= 15 is 0 Å². The van der Waals surface area contributed by atoms with Gasteiger partial charge in [-0.2, -0.15) is 0 Å². The number of H-pyrrole nitrogens is 2. The standard InChI is InChI=1S/C12H15ClN2O/c1-12(2,3)10(13)7-4-5-8-9(6-7)15-11(16)14-8/h4-6,10H,1-3H3,(H2,14,15,16). The fourth-order valence-corrected chi connectivity index (χ4v) is 1.84. The highest BCUT2D eigenvalue weighted by Gasteiger charge is 2.24. The molecule has 86 valence electrons. The maximum Gasteiger partial charge on any atom is 0.323 e. The van der Waals surface area contributed by atoms with Crippen LogP contribution in [0.1, 0.15) is 31.7 Å². The number of hydrogen-bond acceptors (Lipinski definition) is 1. The molecule has 2 rings (SSSR count). The molecular weight excluding hydrogens is 224 g/mol. The van der Waals surface area contributed by atoms with Crippen LogP contribution >= 0.6 is 11.6 Å². The average Bonchev–Trinajstić information content (AvgIpc) is 2.54. The molecule has 1 unspecified atom stereocenters. The molecule has 3 nitrogen and oxygen atoms in total. The third-order valence-electron chi connectivity index (χ3n) is 2.59. The van der Waals surface area contributed by atoms with E-state index in [2.05, 4.69) is 30.7 Å². The van der Waals surface area contributed by atoms with Gasteiger partial charge < -0.3 is 9.97 Å². The van der Waals surface area contributed by atoms with Gasteiger partial charge in [0.15, 0.2) is 0 Å². The van der Waals surface area contributed by atoms with E-state index in [0.29, 0.717) is 0 Å². The number of alkyl halides is 1. The van der Waals surface area contributed by atoms with E-state index in [9.17, 15) is 4.79 Å². The van der Waals surface area contributed by atoms with E-state index in [-0.39, 0.29) is 16.5 Å². The molecular formula is C12H15ClN2O. The molecule has 4 heteroatoms. The minimum absolute atomic E-state index is 0.00810. The average molecular weight is 239 g/mol. The molecule has 16 heavy (non-hydrogen) atoms. The van der Waals surface area contributed by atoms with Crippen molar-refractivity contribution in [3.8, 4) is 0 Å². The summed E-state index contributed by atoms with van der Waals surface area (Å²) in [7, 11) is 0. The zero-order valence-electron chi connectivity index (χ0n) is 9.60. The highest BCUT2D eigenvalue weighted by Crippen LogP contribution is 2.38. The van der Waals surface area contributed by atoms with Crippen LogP contribution in [0.5, 0.6) is 0 Å². The van der Waals surface area contributed by atoms with Gasteiger partial charge in [-0.25, -0.2) is 4.79 Å². The van der Waals surface area contributed by atoms with Gasteiger partial charge >= 0.3 is 5.69 Å². The van der Waals surface area contributed by atoms with Crippen LogP contribution in [-0.4, -0.2) is 9.97 Å². The van der Waals surface area contributed by atoms with E-state index in [1.807, 2.05) is 18.2 Å². The molecule has 0 aliphatic carbocycles. The second kappa shape index (κ2) is 3.67. The Hall–Kier alpha value is -1.22. The molecule has 0 aliphatic heterocycles. The summed E-state index contributed by atoms with van der Waals surface area (Å²) in [5.41, 5.74) is 2.45. The van der Waals surface area contributed by atoms with Crippen molar-refractivity contribution in [2.45, 2.75) is 26.1 Å². The van der Waals surface area contributed by atoms with Crippen molar-refractivity contribution in [1.29, 1.82) is 0 Å². The number of fused-ring (bicyclic) bond motifs is 1. The molecule has 2 N–H and O–H groups in total. The van der Waals surface area contributed by atoms with Crippen molar-refractivity contribution in [2.24, 2.45) is 5.41 Å². The van der Waals surface area contributed by atoms with E-state index < -0.39 is 0 Å². The van der Waals surface area contributed by atoms with Gasteiger partial charge in [-0.3, -0.25) is 0 Å². The zero-order chi connectivity index (χ0) is 11.9. The fourth-order valence-electron chi connectivity index (χ4n) is 1.71. The Balaban J connectivity index is 2.50. The van der Waals surface area contributed by atoms with Crippen molar-refractivity contribution < 1.29 is 0 Å². The van der Waals surface area contributed by atoms with Crippen LogP contribution in [0, 0.1) is 5.41 Å². The third-order valence-corrected chi connectivity index (χ3v) is 3.50. The smallest absolute Gasteiger partial charge is 0.306 e. The molecule has 0 fully saturated rings. The minimum Gasteiger partial charge on any atom is -0.306 e. The molecule has 0 spiro atoms. The molecule has 0 amide bonds. The largest absolute Gasteiger partial charge is 0.323 e. The van der Waals surface area contributed by atoms with E-state index in [1.165, 1.54) is 0 Å².